The number of hydrogen-bond donors (Lipinski definition) is 1. The number of aromatic nitrogens is 2. The van der Waals surface area contributed by atoms with Gasteiger partial charge in [-0.1, -0.05) is 12.1 Å². The Bertz CT molecular complexity index is 722. The number of piperidine rings is 1. The lowest BCUT2D eigenvalue weighted by Gasteiger charge is -2.31. The first-order valence-electron chi connectivity index (χ1n) is 8.56. The second-order valence-corrected chi connectivity index (χ2v) is 6.57. The molecule has 140 valence electrons. The average Bonchev–Trinajstić information content (AvgIpc) is 3.09. The maximum Gasteiger partial charge on any atom is 0.418 e. The quantitative estimate of drug-likeness (QED) is 0.884. The van der Waals surface area contributed by atoms with Gasteiger partial charge in [0.15, 0.2) is 0 Å². The van der Waals surface area contributed by atoms with Crippen LogP contribution in [-0.4, -0.2) is 40.0 Å². The summed E-state index contributed by atoms with van der Waals surface area (Å²) in [5.41, 5.74) is -1.02. The van der Waals surface area contributed by atoms with Gasteiger partial charge in [-0.05, 0) is 44.0 Å². The minimum absolute atomic E-state index is 0.101. The minimum Gasteiger partial charge on any atom is -0.337 e. The van der Waals surface area contributed by atoms with Crippen molar-refractivity contribution in [2.24, 2.45) is 5.92 Å². The van der Waals surface area contributed by atoms with E-state index in [0.29, 0.717) is 5.92 Å². The monoisotopic (exact) mass is 366 g/mol. The van der Waals surface area contributed by atoms with E-state index >= 15 is 0 Å². The predicted molar refractivity (Wildman–Crippen MR) is 91.5 cm³/mol. The highest BCUT2D eigenvalue weighted by atomic mass is 19.4. The summed E-state index contributed by atoms with van der Waals surface area (Å²) in [6.45, 7) is 2.52. The summed E-state index contributed by atoms with van der Waals surface area (Å²) in [5.74, 6) is 0.101. The summed E-state index contributed by atoms with van der Waals surface area (Å²) in [6.07, 6.45) is 2.87. The van der Waals surface area contributed by atoms with E-state index in [9.17, 15) is 18.0 Å². The zero-order valence-electron chi connectivity index (χ0n) is 14.2. The number of likely N-dealkylation sites (tertiary alicyclic amines) is 1. The minimum atomic E-state index is -4.49. The van der Waals surface area contributed by atoms with E-state index in [0.717, 1.165) is 38.5 Å². The van der Waals surface area contributed by atoms with Gasteiger partial charge >= 0.3 is 6.18 Å². The normalized spacial score (nSPS) is 16.6. The highest BCUT2D eigenvalue weighted by Gasteiger charge is 2.33. The first-order chi connectivity index (χ1) is 12.4. The van der Waals surface area contributed by atoms with Crippen LogP contribution in [0.15, 0.2) is 43.0 Å². The third-order valence-electron chi connectivity index (χ3n) is 4.61. The van der Waals surface area contributed by atoms with Crippen LogP contribution in [0.3, 0.4) is 0 Å². The first kappa shape index (κ1) is 18.4. The van der Waals surface area contributed by atoms with Crippen molar-refractivity contribution in [3.63, 3.8) is 0 Å². The molecule has 1 saturated heterocycles. The van der Waals surface area contributed by atoms with E-state index in [4.69, 9.17) is 0 Å². The second-order valence-electron chi connectivity index (χ2n) is 6.57. The van der Waals surface area contributed by atoms with Crippen molar-refractivity contribution in [2.45, 2.75) is 25.6 Å². The van der Waals surface area contributed by atoms with Gasteiger partial charge in [0.2, 0.25) is 5.91 Å². The number of carbonyl (C=O) groups is 1. The number of anilines is 1. The van der Waals surface area contributed by atoms with Crippen LogP contribution in [0.1, 0.15) is 18.4 Å². The summed E-state index contributed by atoms with van der Waals surface area (Å²) in [4.78, 5) is 18.2. The van der Waals surface area contributed by atoms with E-state index in [-0.39, 0.29) is 12.2 Å². The molecule has 1 N–H and O–H groups in total. The SMILES string of the molecule is O=C(CN1CCC(Cn2ccnc2)CC1)Nc1ccccc1C(F)(F)F. The Morgan fingerprint density at radius 1 is 1.23 bits per heavy atom. The molecular weight excluding hydrogens is 345 g/mol. The summed E-state index contributed by atoms with van der Waals surface area (Å²) in [6, 6.07) is 5.03. The number of rotatable bonds is 5. The summed E-state index contributed by atoms with van der Waals surface area (Å²) in [7, 11) is 0. The molecule has 1 amide bonds. The predicted octanol–water partition coefficient (Wildman–Crippen LogP) is 3.25. The fourth-order valence-electron chi connectivity index (χ4n) is 3.25. The Balaban J connectivity index is 1.49. The molecule has 1 aliphatic rings. The van der Waals surface area contributed by atoms with Crippen molar-refractivity contribution in [1.29, 1.82) is 0 Å². The van der Waals surface area contributed by atoms with Gasteiger partial charge in [0.25, 0.3) is 0 Å². The lowest BCUT2D eigenvalue weighted by Crippen LogP contribution is -2.40. The number of carbonyl (C=O) groups excluding carboxylic acids is 1. The van der Waals surface area contributed by atoms with E-state index in [1.54, 1.807) is 12.5 Å². The third-order valence-corrected chi connectivity index (χ3v) is 4.61. The van der Waals surface area contributed by atoms with Crippen LogP contribution in [-0.2, 0) is 17.5 Å². The van der Waals surface area contributed by atoms with Crippen LogP contribution in [0.5, 0.6) is 0 Å². The van der Waals surface area contributed by atoms with E-state index in [1.807, 2.05) is 15.7 Å². The molecule has 0 saturated carbocycles. The molecule has 1 aliphatic heterocycles. The molecule has 0 unspecified atom stereocenters. The van der Waals surface area contributed by atoms with Crippen LogP contribution >= 0.6 is 0 Å². The zero-order chi connectivity index (χ0) is 18.6. The number of nitrogens with zero attached hydrogens (tertiary/aromatic N) is 3. The second kappa shape index (κ2) is 7.90. The van der Waals surface area contributed by atoms with Crippen LogP contribution < -0.4 is 5.32 Å². The Morgan fingerprint density at radius 2 is 1.96 bits per heavy atom. The van der Waals surface area contributed by atoms with Crippen molar-refractivity contribution in [3.8, 4) is 0 Å². The number of halogens is 3. The molecule has 8 heteroatoms. The van der Waals surface area contributed by atoms with E-state index in [2.05, 4.69) is 10.3 Å². The van der Waals surface area contributed by atoms with E-state index in [1.165, 1.54) is 18.2 Å². The van der Waals surface area contributed by atoms with Gasteiger partial charge in [-0.15, -0.1) is 0 Å². The molecule has 5 nitrogen and oxygen atoms in total. The molecule has 3 rings (SSSR count). The van der Waals surface area contributed by atoms with Gasteiger partial charge in [-0.25, -0.2) is 4.98 Å². The molecule has 1 fully saturated rings. The molecule has 0 spiro atoms. The van der Waals surface area contributed by atoms with Gasteiger partial charge in [-0.3, -0.25) is 9.69 Å². The number of alkyl halides is 3. The number of amides is 1. The third kappa shape index (κ3) is 4.85. The Labute approximate surface area is 149 Å². The van der Waals surface area contributed by atoms with Crippen LogP contribution in [0.4, 0.5) is 18.9 Å². The smallest absolute Gasteiger partial charge is 0.337 e. The number of nitrogens with one attached hydrogen (secondary N) is 1. The Morgan fingerprint density at radius 3 is 2.62 bits per heavy atom. The lowest BCUT2D eigenvalue weighted by atomic mass is 9.97. The lowest BCUT2D eigenvalue weighted by molar-refractivity contribution is -0.137. The van der Waals surface area contributed by atoms with Crippen LogP contribution in [0.2, 0.25) is 0 Å². The van der Waals surface area contributed by atoms with Crippen molar-refractivity contribution in [3.05, 3.63) is 48.5 Å². The molecule has 0 aliphatic carbocycles. The number of para-hydroxylation sites is 1. The average molecular weight is 366 g/mol. The zero-order valence-corrected chi connectivity index (χ0v) is 14.2. The summed E-state index contributed by atoms with van der Waals surface area (Å²) >= 11 is 0. The maximum absolute atomic E-state index is 13.0. The maximum atomic E-state index is 13.0. The van der Waals surface area contributed by atoms with Crippen molar-refractivity contribution in [1.82, 2.24) is 14.5 Å². The number of benzene rings is 1. The highest BCUT2D eigenvalue weighted by Crippen LogP contribution is 2.34. The molecule has 2 heterocycles. The van der Waals surface area contributed by atoms with Crippen molar-refractivity contribution in [2.75, 3.05) is 25.0 Å². The van der Waals surface area contributed by atoms with E-state index < -0.39 is 17.6 Å². The van der Waals surface area contributed by atoms with Crippen LogP contribution in [0, 0.1) is 5.92 Å². The molecular formula is C18H21F3N4O. The molecule has 1 aromatic heterocycles. The molecule has 0 bridgehead atoms. The molecule has 26 heavy (non-hydrogen) atoms. The van der Waals surface area contributed by atoms with Crippen molar-refractivity contribution < 1.29 is 18.0 Å². The largest absolute Gasteiger partial charge is 0.418 e. The van der Waals surface area contributed by atoms with Gasteiger partial charge < -0.3 is 9.88 Å². The number of hydrogen-bond acceptors (Lipinski definition) is 3. The van der Waals surface area contributed by atoms with Gasteiger partial charge in [0.1, 0.15) is 0 Å². The highest BCUT2D eigenvalue weighted by molar-refractivity contribution is 5.93. The van der Waals surface area contributed by atoms with Crippen molar-refractivity contribution >= 4 is 11.6 Å². The Kier molecular flexibility index (Phi) is 5.61. The topological polar surface area (TPSA) is 50.2 Å². The summed E-state index contributed by atoms with van der Waals surface area (Å²) in [5, 5.41) is 2.40. The molecule has 2 aromatic rings. The summed E-state index contributed by atoms with van der Waals surface area (Å²) < 4.78 is 41.0. The molecule has 0 atom stereocenters. The first-order valence-corrected chi connectivity index (χ1v) is 8.56. The van der Waals surface area contributed by atoms with Gasteiger partial charge in [0.05, 0.1) is 24.1 Å². The number of imidazole rings is 1. The standard InChI is InChI=1S/C18H21F3N4O/c19-18(20,21)15-3-1-2-4-16(15)23-17(26)12-24-8-5-14(6-9-24)11-25-10-7-22-13-25/h1-4,7,10,13-14H,5-6,8-9,11-12H2,(H,23,26). The molecule has 1 aromatic carbocycles. The van der Waals surface area contributed by atoms with Crippen LogP contribution in [0.25, 0.3) is 0 Å². The Hall–Kier alpha value is -2.35. The molecule has 0 radical (unpaired) electrons. The van der Waals surface area contributed by atoms with Gasteiger partial charge in [0, 0.05) is 18.9 Å². The van der Waals surface area contributed by atoms with Gasteiger partial charge in [-0.2, -0.15) is 13.2 Å². The fourth-order valence-corrected chi connectivity index (χ4v) is 3.25. The fraction of sp³-hybridized carbons (Fsp3) is 0.444.